The van der Waals surface area contributed by atoms with Gasteiger partial charge in [-0.2, -0.15) is 0 Å². The first-order chi connectivity index (χ1) is 3.33. The Morgan fingerprint density at radius 1 is 1.57 bits per heavy atom. The zero-order valence-electron chi connectivity index (χ0n) is 4.31. The van der Waals surface area contributed by atoms with E-state index in [1.54, 1.807) is 0 Å². The molecule has 0 spiro atoms. The van der Waals surface area contributed by atoms with Gasteiger partial charge in [0.1, 0.15) is 0 Å². The fourth-order valence-electron chi connectivity index (χ4n) is 0. The molecule has 0 atom stereocenters. The van der Waals surface area contributed by atoms with E-state index < -0.39 is 0 Å². The van der Waals surface area contributed by atoms with Crippen molar-refractivity contribution in [2.75, 3.05) is 6.54 Å². The molecule has 0 aliphatic carbocycles. The third-order valence-corrected chi connectivity index (χ3v) is 0.289. The molecule has 0 aliphatic rings. The minimum absolute atomic E-state index is 0.819. The Kier molecular flexibility index (Phi) is 23.9. The van der Waals surface area contributed by atoms with E-state index in [0.717, 1.165) is 13.0 Å². The Labute approximate surface area is 54.9 Å². The van der Waals surface area contributed by atoms with Gasteiger partial charge in [0.25, 0.3) is 0 Å². The van der Waals surface area contributed by atoms with Crippen molar-refractivity contribution >= 4 is 28.7 Å². The predicted molar refractivity (Wildman–Crippen MR) is 39.5 cm³/mol. The third kappa shape index (κ3) is 77.5. The lowest BCUT2D eigenvalue weighted by atomic mass is 10.5. The number of rotatable bonds is 1. The van der Waals surface area contributed by atoms with Crippen molar-refractivity contribution < 1.29 is 0 Å². The van der Waals surface area contributed by atoms with Crippen LogP contribution < -0.4 is 5.73 Å². The number of hydrogen-bond donors (Lipinski definition) is 1. The fourth-order valence-corrected chi connectivity index (χ4v) is 0. The van der Waals surface area contributed by atoms with Crippen molar-refractivity contribution in [3.05, 3.63) is 0 Å². The second-order valence-electron chi connectivity index (χ2n) is 0.872. The van der Waals surface area contributed by atoms with Crippen molar-refractivity contribution in [2.45, 2.75) is 13.3 Å². The first-order valence-corrected chi connectivity index (χ1v) is 2.84. The summed E-state index contributed by atoms with van der Waals surface area (Å²) < 4.78 is 1.92. The minimum Gasteiger partial charge on any atom is -0.330 e. The summed E-state index contributed by atoms with van der Waals surface area (Å²) >= 11 is 7.92. The van der Waals surface area contributed by atoms with Gasteiger partial charge in [-0.15, -0.1) is 0 Å². The molecule has 0 saturated carbocycles. The Morgan fingerprint density at radius 2 is 1.71 bits per heavy atom. The quantitative estimate of drug-likeness (QED) is 0.550. The maximum atomic E-state index is 5.03. The predicted octanol–water partition coefficient (Wildman–Crippen LogP) is 1.37. The molecule has 0 fully saturated rings. The van der Waals surface area contributed by atoms with Gasteiger partial charge >= 0.3 is 0 Å². The van der Waals surface area contributed by atoms with E-state index >= 15 is 0 Å². The molecule has 42 valence electrons. The molecule has 1 nitrogen and oxygen atoms in total. The van der Waals surface area contributed by atoms with E-state index in [0.29, 0.717) is 0 Å². The summed E-state index contributed by atoms with van der Waals surface area (Å²) in [5.74, 6) is 0. The van der Waals surface area contributed by atoms with Gasteiger partial charge in [-0.25, -0.2) is 0 Å². The standard InChI is InChI=1S/C3H9N.CS2/c1-2-3-4;2-1-3/h2-4H2,1H3;. The Hall–Kier alpha value is 0.180. The molecule has 7 heavy (non-hydrogen) atoms. The lowest BCUT2D eigenvalue weighted by Gasteiger charge is -1.70. The van der Waals surface area contributed by atoms with Gasteiger partial charge < -0.3 is 5.73 Å². The summed E-state index contributed by atoms with van der Waals surface area (Å²) in [6.45, 7) is 2.88. The number of thiocarbonyl (C=S) groups is 2. The van der Waals surface area contributed by atoms with Crippen molar-refractivity contribution in [3.63, 3.8) is 0 Å². The molecular formula is C4H9NS2. The van der Waals surface area contributed by atoms with Crippen LogP contribution in [-0.4, -0.2) is 10.9 Å². The average molecular weight is 135 g/mol. The maximum absolute atomic E-state index is 5.03. The molecule has 0 aromatic carbocycles. The molecule has 2 N–H and O–H groups in total. The average Bonchev–Trinajstić information content (AvgIpc) is 1.69. The largest absolute Gasteiger partial charge is 0.330 e. The van der Waals surface area contributed by atoms with Crippen LogP contribution in [0, 0.1) is 0 Å². The summed E-state index contributed by atoms with van der Waals surface area (Å²) in [5, 5.41) is 0. The summed E-state index contributed by atoms with van der Waals surface area (Å²) in [7, 11) is 0. The molecule has 0 saturated heterocycles. The topological polar surface area (TPSA) is 26.0 Å². The SMILES string of the molecule is CCCN.S=C=S. The normalized spacial score (nSPS) is 5.43. The van der Waals surface area contributed by atoms with Crippen LogP contribution >= 0.6 is 24.4 Å². The second kappa shape index (κ2) is 16.4. The lowest BCUT2D eigenvalue weighted by molar-refractivity contribution is 0.932. The molecule has 0 aromatic heterocycles. The lowest BCUT2D eigenvalue weighted by Crippen LogP contribution is -1.93. The summed E-state index contributed by atoms with van der Waals surface area (Å²) in [6, 6.07) is 0. The third-order valence-electron chi connectivity index (χ3n) is 0.289. The highest BCUT2D eigenvalue weighted by Gasteiger charge is 1.55. The van der Waals surface area contributed by atoms with E-state index in [4.69, 9.17) is 5.73 Å². The van der Waals surface area contributed by atoms with Gasteiger partial charge in [-0.3, -0.25) is 0 Å². The van der Waals surface area contributed by atoms with Crippen LogP contribution in [0.2, 0.25) is 0 Å². The molecule has 0 heterocycles. The van der Waals surface area contributed by atoms with Crippen molar-refractivity contribution in [1.82, 2.24) is 0 Å². The van der Waals surface area contributed by atoms with Gasteiger partial charge in [0.05, 0.1) is 0 Å². The van der Waals surface area contributed by atoms with E-state index in [-0.39, 0.29) is 0 Å². The second-order valence-corrected chi connectivity index (χ2v) is 1.54. The van der Waals surface area contributed by atoms with Crippen LogP contribution in [0.15, 0.2) is 0 Å². The number of nitrogens with two attached hydrogens (primary N) is 1. The van der Waals surface area contributed by atoms with Crippen LogP contribution in [-0.2, 0) is 0 Å². The van der Waals surface area contributed by atoms with Gasteiger partial charge in [-0.05, 0) is 37.4 Å². The van der Waals surface area contributed by atoms with E-state index in [1.165, 1.54) is 0 Å². The molecule has 0 rings (SSSR count). The molecule has 0 bridgehead atoms. The van der Waals surface area contributed by atoms with Crippen LogP contribution in [0.25, 0.3) is 0 Å². The molecule has 3 heteroatoms. The van der Waals surface area contributed by atoms with Crippen molar-refractivity contribution in [3.8, 4) is 0 Å². The highest BCUT2D eigenvalue weighted by molar-refractivity contribution is 7.93. The highest BCUT2D eigenvalue weighted by atomic mass is 32.1. The summed E-state index contributed by atoms with van der Waals surface area (Å²) in [4.78, 5) is 0. The summed E-state index contributed by atoms with van der Waals surface area (Å²) in [6.07, 6.45) is 1.10. The first kappa shape index (κ1) is 10.2. The zero-order chi connectivity index (χ0) is 6.12. The van der Waals surface area contributed by atoms with E-state index in [9.17, 15) is 0 Å². The summed E-state index contributed by atoms with van der Waals surface area (Å²) in [5.41, 5.74) is 5.03. The molecule has 0 unspecified atom stereocenters. The van der Waals surface area contributed by atoms with Crippen molar-refractivity contribution in [2.24, 2.45) is 5.73 Å². The molecule has 0 radical (unpaired) electrons. The monoisotopic (exact) mass is 135 g/mol. The van der Waals surface area contributed by atoms with Crippen LogP contribution in [0.5, 0.6) is 0 Å². The molecular weight excluding hydrogens is 126 g/mol. The minimum atomic E-state index is 0.819. The molecule has 0 amide bonds. The highest BCUT2D eigenvalue weighted by Crippen LogP contribution is 1.57. The van der Waals surface area contributed by atoms with Crippen molar-refractivity contribution in [1.29, 1.82) is 0 Å². The van der Waals surface area contributed by atoms with Crippen LogP contribution in [0.3, 0.4) is 0 Å². The maximum Gasteiger partial charge on any atom is 0.0297 e. The molecule has 0 aliphatic heterocycles. The van der Waals surface area contributed by atoms with Gasteiger partial charge in [0.15, 0.2) is 0 Å². The Morgan fingerprint density at radius 3 is 1.71 bits per heavy atom. The number of hydrogen-bond acceptors (Lipinski definition) is 3. The molecule has 0 aromatic rings. The fraction of sp³-hybridized carbons (Fsp3) is 0.750. The van der Waals surface area contributed by atoms with E-state index in [1.807, 2.05) is 4.31 Å². The van der Waals surface area contributed by atoms with Gasteiger partial charge in [-0.1, -0.05) is 6.92 Å². The van der Waals surface area contributed by atoms with Crippen LogP contribution in [0.4, 0.5) is 0 Å². The van der Waals surface area contributed by atoms with E-state index in [2.05, 4.69) is 31.4 Å². The Balaban J connectivity index is 0. The van der Waals surface area contributed by atoms with Gasteiger partial charge in [0.2, 0.25) is 0 Å². The van der Waals surface area contributed by atoms with Gasteiger partial charge in [0, 0.05) is 4.31 Å². The zero-order valence-corrected chi connectivity index (χ0v) is 5.94. The Bertz CT molecular complexity index is 45.7. The first-order valence-electron chi connectivity index (χ1n) is 2.02. The van der Waals surface area contributed by atoms with Crippen LogP contribution in [0.1, 0.15) is 13.3 Å². The smallest absolute Gasteiger partial charge is 0.0297 e.